The van der Waals surface area contributed by atoms with Crippen LogP contribution in [0.25, 0.3) is 0 Å². The molecule has 60 heavy (non-hydrogen) atoms. The van der Waals surface area contributed by atoms with Gasteiger partial charge in [-0.3, -0.25) is 9.59 Å². The molecule has 3 amide bonds. The molecule has 1 spiro atoms. The number of likely N-dealkylation sites (tertiary alicyclic amines) is 1. The van der Waals surface area contributed by atoms with Gasteiger partial charge in [0, 0.05) is 43.3 Å². The molecule has 5 atom stereocenters. The molecule has 0 aromatic heterocycles. The Balaban J connectivity index is 1.000. The highest BCUT2D eigenvalue weighted by Gasteiger charge is 2.51. The Hall–Kier alpha value is -5.85. The largest absolute Gasteiger partial charge is 0.392 e. The minimum absolute atomic E-state index is 0.0493. The molecule has 5 unspecified atom stereocenters. The number of carbonyl (C=O) groups is 3. The molecule has 3 aliphatic heterocycles. The molecule has 3 heterocycles. The van der Waals surface area contributed by atoms with Crippen LogP contribution in [0.2, 0.25) is 0 Å². The summed E-state index contributed by atoms with van der Waals surface area (Å²) in [6.45, 7) is 4.30. The fraction of sp³-hybridized carbons (Fsp3) is 0.327. The van der Waals surface area contributed by atoms with E-state index in [1.165, 1.54) is 6.92 Å². The lowest BCUT2D eigenvalue weighted by Crippen LogP contribution is -2.57. The average molecular weight is 808 g/mol. The summed E-state index contributed by atoms with van der Waals surface area (Å²) in [5.74, 6) is -0.178. The van der Waals surface area contributed by atoms with Crippen molar-refractivity contribution in [2.75, 3.05) is 31.2 Å². The maximum atomic E-state index is 13.5. The van der Waals surface area contributed by atoms with Gasteiger partial charge in [-0.2, -0.15) is 0 Å². The van der Waals surface area contributed by atoms with E-state index >= 15 is 0 Å². The van der Waals surface area contributed by atoms with Crippen molar-refractivity contribution in [1.29, 1.82) is 0 Å². The molecule has 3 fully saturated rings. The number of nitrogens with zero attached hydrogens (tertiary/aromatic N) is 2. The monoisotopic (exact) mass is 807 g/mol. The molecule has 3 aliphatic rings. The number of ketones is 1. The molecule has 3 saturated heterocycles. The molecule has 310 valence electrons. The first-order valence-corrected chi connectivity index (χ1v) is 20.9. The van der Waals surface area contributed by atoms with Crippen LogP contribution in [0.3, 0.4) is 0 Å². The second-order valence-electron chi connectivity index (χ2n) is 16.1. The number of para-hydroxylation sites is 1. The summed E-state index contributed by atoms with van der Waals surface area (Å²) in [5.41, 5.74) is 6.06. The van der Waals surface area contributed by atoms with Crippen LogP contribution in [-0.2, 0) is 38.6 Å². The lowest BCUT2D eigenvalue weighted by Gasteiger charge is -2.47. The number of aliphatic hydroxyl groups is 1. The second kappa shape index (κ2) is 18.6. The van der Waals surface area contributed by atoms with Crippen molar-refractivity contribution >= 4 is 23.4 Å². The van der Waals surface area contributed by atoms with Crippen LogP contribution < -0.4 is 20.9 Å². The molecule has 5 aromatic carbocycles. The first-order valence-electron chi connectivity index (χ1n) is 20.9. The standard InChI is InChI=1S/C49H53N5O6/c1-34(56)42(29-35-11-5-2-6-12-35)52-48(58)50-30-36-17-23-40(24-18-36)46-59-43(44(38-13-7-3-8-14-38)45(60-46)39-21-19-37(32-55)20-22-39)31-53-27-25-49(26-28-53)47(57)51-33-54(49)41-15-9-4-10-16-41/h2-24,42-46,55H,25-33H2,1H3,(H,51,57)(H2,50,52,58). The molecule has 4 N–H and O–H groups in total. The van der Waals surface area contributed by atoms with Crippen LogP contribution in [0.5, 0.6) is 0 Å². The maximum absolute atomic E-state index is 13.5. The molecule has 5 aromatic rings. The van der Waals surface area contributed by atoms with Gasteiger partial charge in [0.2, 0.25) is 5.91 Å². The molecule has 0 bridgehead atoms. The fourth-order valence-corrected chi connectivity index (χ4v) is 8.89. The third kappa shape index (κ3) is 9.14. The molecule has 0 aliphatic carbocycles. The van der Waals surface area contributed by atoms with Gasteiger partial charge in [0.1, 0.15) is 5.54 Å². The molecular formula is C49H53N5O6. The van der Waals surface area contributed by atoms with Crippen molar-refractivity contribution in [3.8, 4) is 0 Å². The lowest BCUT2D eigenvalue weighted by atomic mass is 9.82. The third-order valence-electron chi connectivity index (χ3n) is 12.3. The topological polar surface area (TPSA) is 132 Å². The summed E-state index contributed by atoms with van der Waals surface area (Å²) in [5, 5.41) is 18.7. The molecule has 8 rings (SSSR count). The summed E-state index contributed by atoms with van der Waals surface area (Å²) >= 11 is 0. The Morgan fingerprint density at radius 1 is 0.767 bits per heavy atom. The Morgan fingerprint density at radius 3 is 2.03 bits per heavy atom. The summed E-state index contributed by atoms with van der Waals surface area (Å²) in [7, 11) is 0. The maximum Gasteiger partial charge on any atom is 0.315 e. The van der Waals surface area contributed by atoms with Gasteiger partial charge >= 0.3 is 6.03 Å². The molecule has 0 saturated carbocycles. The van der Waals surface area contributed by atoms with Crippen LogP contribution >= 0.6 is 0 Å². The van der Waals surface area contributed by atoms with E-state index in [1.54, 1.807) is 0 Å². The number of amides is 3. The number of piperidine rings is 1. The molecular weight excluding hydrogens is 755 g/mol. The van der Waals surface area contributed by atoms with Crippen LogP contribution in [0.1, 0.15) is 71.5 Å². The van der Waals surface area contributed by atoms with Crippen molar-refractivity contribution < 1.29 is 29.0 Å². The number of anilines is 1. The summed E-state index contributed by atoms with van der Waals surface area (Å²) in [6, 6.07) is 44.9. The summed E-state index contributed by atoms with van der Waals surface area (Å²) < 4.78 is 14.0. The van der Waals surface area contributed by atoms with Gasteiger partial charge in [-0.1, -0.05) is 127 Å². The number of carbonyl (C=O) groups excluding carboxylic acids is 3. The van der Waals surface area contributed by atoms with E-state index in [1.807, 2.05) is 115 Å². The van der Waals surface area contributed by atoms with Crippen LogP contribution in [0.4, 0.5) is 10.5 Å². The molecule has 11 heteroatoms. The van der Waals surface area contributed by atoms with E-state index in [2.05, 4.69) is 50.0 Å². The number of ether oxygens (including phenoxy) is 2. The zero-order valence-corrected chi connectivity index (χ0v) is 33.9. The minimum Gasteiger partial charge on any atom is -0.392 e. The van der Waals surface area contributed by atoms with Gasteiger partial charge in [-0.15, -0.1) is 0 Å². The minimum atomic E-state index is -0.692. The van der Waals surface area contributed by atoms with E-state index in [0.717, 1.165) is 52.2 Å². The zero-order chi connectivity index (χ0) is 41.5. The van der Waals surface area contributed by atoms with E-state index in [4.69, 9.17) is 9.47 Å². The fourth-order valence-electron chi connectivity index (χ4n) is 8.89. The number of rotatable bonds is 13. The smallest absolute Gasteiger partial charge is 0.315 e. The lowest BCUT2D eigenvalue weighted by molar-refractivity contribution is -0.264. The normalized spacial score (nSPS) is 21.9. The molecule has 0 radical (unpaired) electrons. The number of aliphatic hydroxyl groups excluding tert-OH is 1. The highest BCUT2D eigenvalue weighted by molar-refractivity contribution is 5.93. The van der Waals surface area contributed by atoms with Crippen LogP contribution in [0, 0.1) is 0 Å². The Kier molecular flexibility index (Phi) is 12.7. The Labute approximate surface area is 351 Å². The van der Waals surface area contributed by atoms with Crippen molar-refractivity contribution in [1.82, 2.24) is 20.9 Å². The van der Waals surface area contributed by atoms with E-state index in [0.29, 0.717) is 32.5 Å². The highest BCUT2D eigenvalue weighted by atomic mass is 16.7. The van der Waals surface area contributed by atoms with Gasteiger partial charge < -0.3 is 40.3 Å². The first kappa shape index (κ1) is 40.9. The van der Waals surface area contributed by atoms with E-state index in [-0.39, 0.29) is 43.0 Å². The Morgan fingerprint density at radius 2 is 1.38 bits per heavy atom. The van der Waals surface area contributed by atoms with Crippen molar-refractivity contribution in [2.45, 2.75) is 75.3 Å². The van der Waals surface area contributed by atoms with Crippen LogP contribution in [0.15, 0.2) is 140 Å². The molecule has 11 nitrogen and oxygen atoms in total. The zero-order valence-electron chi connectivity index (χ0n) is 33.9. The van der Waals surface area contributed by atoms with E-state index < -0.39 is 23.9 Å². The van der Waals surface area contributed by atoms with Crippen molar-refractivity contribution in [2.24, 2.45) is 0 Å². The second-order valence-corrected chi connectivity index (χ2v) is 16.1. The number of hydrogen-bond donors (Lipinski definition) is 4. The van der Waals surface area contributed by atoms with Gasteiger partial charge in [-0.05, 0) is 66.1 Å². The number of hydrogen-bond acceptors (Lipinski definition) is 8. The van der Waals surface area contributed by atoms with Crippen molar-refractivity contribution in [3.63, 3.8) is 0 Å². The van der Waals surface area contributed by atoms with Gasteiger partial charge in [0.05, 0.1) is 31.5 Å². The van der Waals surface area contributed by atoms with Crippen LogP contribution in [-0.4, -0.2) is 71.7 Å². The predicted octanol–water partition coefficient (Wildman–Crippen LogP) is 6.55. The number of Topliss-reactive ketones (excluding diaryl/α,β-unsaturated/α-hetero) is 1. The predicted molar refractivity (Wildman–Crippen MR) is 230 cm³/mol. The Bertz CT molecular complexity index is 2200. The van der Waals surface area contributed by atoms with E-state index in [9.17, 15) is 19.5 Å². The summed E-state index contributed by atoms with van der Waals surface area (Å²) in [4.78, 5) is 43.4. The van der Waals surface area contributed by atoms with Crippen molar-refractivity contribution in [3.05, 3.63) is 173 Å². The van der Waals surface area contributed by atoms with Gasteiger partial charge in [-0.25, -0.2) is 4.79 Å². The summed E-state index contributed by atoms with van der Waals surface area (Å²) in [6.07, 6.45) is 0.463. The van der Waals surface area contributed by atoms with Gasteiger partial charge in [0.25, 0.3) is 0 Å². The number of benzene rings is 5. The quantitative estimate of drug-likeness (QED) is 0.106. The first-order chi connectivity index (χ1) is 29.3. The highest BCUT2D eigenvalue weighted by Crippen LogP contribution is 2.47. The number of nitrogens with one attached hydrogen (secondary N) is 3. The third-order valence-corrected chi connectivity index (χ3v) is 12.3. The number of urea groups is 1. The van der Waals surface area contributed by atoms with Gasteiger partial charge in [0.15, 0.2) is 12.1 Å². The SMILES string of the molecule is CC(=O)C(Cc1ccccc1)NC(=O)NCc1ccc(C2OC(CN3CCC4(CC3)C(=O)NCN4c3ccccc3)C(c3ccccc3)C(c3ccc(CO)cc3)O2)cc1. The average Bonchev–Trinajstić information content (AvgIpc) is 3.61.